The molecule has 1 aromatic heterocycles. The van der Waals surface area contributed by atoms with Crippen LogP contribution < -0.4 is 5.84 Å². The first-order valence-electron chi connectivity index (χ1n) is 10.1. The van der Waals surface area contributed by atoms with E-state index in [9.17, 15) is 13.2 Å². The lowest BCUT2D eigenvalue weighted by Gasteiger charge is -2.28. The number of nitrogen functional groups attached to an aromatic ring is 1. The smallest absolute Gasteiger partial charge is 0.243 e. The Labute approximate surface area is 186 Å². The number of amides is 1. The number of aromatic nitrogens is 3. The number of carbonyl (C=O) groups excluding carboxylic acids is 1. The second-order valence-corrected chi connectivity index (χ2v) is 10.2. The Bertz CT molecular complexity index is 1020. The quantitative estimate of drug-likeness (QED) is 0.450. The lowest BCUT2D eigenvalue weighted by atomic mass is 10.2. The lowest BCUT2D eigenvalue weighted by molar-refractivity contribution is -0.134. The minimum absolute atomic E-state index is 0.00911. The van der Waals surface area contributed by atoms with Crippen LogP contribution in [0.2, 0.25) is 0 Å². The van der Waals surface area contributed by atoms with Crippen molar-refractivity contribution in [3.05, 3.63) is 24.3 Å². The molecule has 12 heteroatoms. The molecule has 1 unspecified atom stereocenters. The molecule has 0 aliphatic carbocycles. The minimum atomic E-state index is -3.61. The summed E-state index contributed by atoms with van der Waals surface area (Å²) in [5.41, 5.74) is 0.530. The molecule has 1 aromatic carbocycles. The summed E-state index contributed by atoms with van der Waals surface area (Å²) in [7, 11) is -3.61. The maximum absolute atomic E-state index is 12.8. The van der Waals surface area contributed by atoms with Crippen LogP contribution in [0.25, 0.3) is 11.4 Å². The summed E-state index contributed by atoms with van der Waals surface area (Å²) in [4.78, 5) is 14.6. The highest BCUT2D eigenvalue weighted by Gasteiger charge is 2.26. The number of benzene rings is 1. The van der Waals surface area contributed by atoms with Crippen LogP contribution in [0.5, 0.6) is 0 Å². The van der Waals surface area contributed by atoms with E-state index in [0.717, 1.165) is 0 Å². The molecule has 1 atom stereocenters. The third-order valence-electron chi connectivity index (χ3n) is 5.05. The summed E-state index contributed by atoms with van der Waals surface area (Å²) in [6.45, 7) is 8.36. The van der Waals surface area contributed by atoms with Gasteiger partial charge in [-0.25, -0.2) is 13.1 Å². The summed E-state index contributed by atoms with van der Waals surface area (Å²) in [6, 6.07) is 6.47. The van der Waals surface area contributed by atoms with Gasteiger partial charge in [0.2, 0.25) is 21.1 Å². The predicted molar refractivity (Wildman–Crippen MR) is 118 cm³/mol. The highest BCUT2D eigenvalue weighted by atomic mass is 32.2. The summed E-state index contributed by atoms with van der Waals surface area (Å²) in [6.07, 6.45) is 0. The van der Waals surface area contributed by atoms with E-state index in [2.05, 4.69) is 10.2 Å². The number of hydrogen-bond acceptors (Lipinski definition) is 8. The number of ether oxygens (including phenoxy) is 1. The zero-order valence-electron chi connectivity index (χ0n) is 17.9. The van der Waals surface area contributed by atoms with Crippen LogP contribution in [0.15, 0.2) is 34.3 Å². The average Bonchev–Trinajstić information content (AvgIpc) is 3.14. The Kier molecular flexibility index (Phi) is 7.57. The van der Waals surface area contributed by atoms with Crippen molar-refractivity contribution in [1.29, 1.82) is 0 Å². The second kappa shape index (κ2) is 9.98. The molecular weight excluding hydrogens is 440 g/mol. The molecule has 1 aliphatic rings. The zero-order chi connectivity index (χ0) is 22.6. The van der Waals surface area contributed by atoms with Crippen molar-refractivity contribution >= 4 is 27.7 Å². The van der Waals surface area contributed by atoms with Gasteiger partial charge in [0.15, 0.2) is 5.82 Å². The van der Waals surface area contributed by atoms with E-state index in [4.69, 9.17) is 10.6 Å². The SMILES string of the molecule is CCN(CC)S(=O)(=O)c1cccc(-c2nnc(SC(C)C(=O)N3CCOCC3)n2N)c1. The van der Waals surface area contributed by atoms with Gasteiger partial charge in [-0.3, -0.25) is 4.79 Å². The van der Waals surface area contributed by atoms with Gasteiger partial charge in [0.25, 0.3) is 0 Å². The molecule has 1 aliphatic heterocycles. The van der Waals surface area contributed by atoms with Crippen molar-refractivity contribution in [3.8, 4) is 11.4 Å². The van der Waals surface area contributed by atoms with Gasteiger partial charge in [-0.2, -0.15) is 4.31 Å². The average molecular weight is 469 g/mol. The first kappa shape index (κ1) is 23.5. The predicted octanol–water partition coefficient (Wildman–Crippen LogP) is 1.03. The molecule has 170 valence electrons. The van der Waals surface area contributed by atoms with Crippen LogP contribution in [0, 0.1) is 0 Å². The van der Waals surface area contributed by atoms with Gasteiger partial charge in [0.05, 0.1) is 23.4 Å². The van der Waals surface area contributed by atoms with Crippen molar-refractivity contribution in [2.24, 2.45) is 0 Å². The Morgan fingerprint density at radius 2 is 1.94 bits per heavy atom. The van der Waals surface area contributed by atoms with Gasteiger partial charge in [-0.1, -0.05) is 37.7 Å². The van der Waals surface area contributed by atoms with Crippen LogP contribution in [-0.4, -0.2) is 83.0 Å². The fourth-order valence-corrected chi connectivity index (χ4v) is 5.67. The van der Waals surface area contributed by atoms with Crippen LogP contribution in [0.4, 0.5) is 0 Å². The number of sulfonamides is 1. The van der Waals surface area contributed by atoms with E-state index in [0.29, 0.717) is 55.9 Å². The molecule has 10 nitrogen and oxygen atoms in total. The van der Waals surface area contributed by atoms with Gasteiger partial charge >= 0.3 is 0 Å². The number of nitrogens with two attached hydrogens (primary N) is 1. The molecule has 2 N–H and O–H groups in total. The lowest BCUT2D eigenvalue weighted by Crippen LogP contribution is -2.44. The Balaban J connectivity index is 1.81. The zero-order valence-corrected chi connectivity index (χ0v) is 19.5. The van der Waals surface area contributed by atoms with E-state index in [1.807, 2.05) is 0 Å². The third kappa shape index (κ3) is 5.03. The fourth-order valence-electron chi connectivity index (χ4n) is 3.31. The van der Waals surface area contributed by atoms with Gasteiger partial charge in [0.1, 0.15) is 0 Å². The van der Waals surface area contributed by atoms with Gasteiger partial charge < -0.3 is 15.5 Å². The van der Waals surface area contributed by atoms with Crippen LogP contribution in [-0.2, 0) is 19.6 Å². The first-order valence-corrected chi connectivity index (χ1v) is 12.5. The third-order valence-corrected chi connectivity index (χ3v) is 8.14. The molecule has 0 saturated carbocycles. The van der Waals surface area contributed by atoms with Crippen molar-refractivity contribution < 1.29 is 17.9 Å². The van der Waals surface area contributed by atoms with E-state index in [1.165, 1.54) is 26.8 Å². The normalized spacial score (nSPS) is 15.9. The fraction of sp³-hybridized carbons (Fsp3) is 0.526. The van der Waals surface area contributed by atoms with E-state index in [-0.39, 0.29) is 10.8 Å². The molecule has 0 spiro atoms. The summed E-state index contributed by atoms with van der Waals surface area (Å²) >= 11 is 1.22. The molecule has 0 radical (unpaired) electrons. The molecule has 1 fully saturated rings. The number of thioether (sulfide) groups is 1. The van der Waals surface area contributed by atoms with E-state index in [1.54, 1.807) is 43.9 Å². The molecule has 0 bridgehead atoms. The number of hydrogen-bond donors (Lipinski definition) is 1. The van der Waals surface area contributed by atoms with Gasteiger partial charge in [0, 0.05) is 31.7 Å². The molecule has 1 amide bonds. The van der Waals surface area contributed by atoms with Gasteiger partial charge in [-0.05, 0) is 19.1 Å². The van der Waals surface area contributed by atoms with Crippen molar-refractivity contribution in [2.45, 2.75) is 36.1 Å². The monoisotopic (exact) mass is 468 g/mol. The number of rotatable bonds is 8. The molecule has 2 aromatic rings. The van der Waals surface area contributed by atoms with E-state index < -0.39 is 15.3 Å². The minimum Gasteiger partial charge on any atom is -0.378 e. The number of nitrogens with zero attached hydrogens (tertiary/aromatic N) is 5. The summed E-state index contributed by atoms with van der Waals surface area (Å²) in [5, 5.41) is 8.23. The molecule has 2 heterocycles. The topological polar surface area (TPSA) is 124 Å². The Morgan fingerprint density at radius 1 is 1.26 bits per heavy atom. The number of carbonyl (C=O) groups is 1. The Morgan fingerprint density at radius 3 is 2.58 bits per heavy atom. The highest BCUT2D eigenvalue weighted by Crippen LogP contribution is 2.27. The van der Waals surface area contributed by atoms with E-state index >= 15 is 0 Å². The molecule has 1 saturated heterocycles. The van der Waals surface area contributed by atoms with Crippen LogP contribution in [0.3, 0.4) is 0 Å². The molecule has 31 heavy (non-hydrogen) atoms. The second-order valence-electron chi connectivity index (χ2n) is 6.99. The van der Waals surface area contributed by atoms with Crippen molar-refractivity contribution in [2.75, 3.05) is 45.2 Å². The molecule has 3 rings (SSSR count). The maximum atomic E-state index is 12.8. The maximum Gasteiger partial charge on any atom is 0.243 e. The largest absolute Gasteiger partial charge is 0.378 e. The first-order chi connectivity index (χ1) is 14.8. The number of morpholine rings is 1. The summed E-state index contributed by atoms with van der Waals surface area (Å²) in [5.74, 6) is 6.51. The van der Waals surface area contributed by atoms with Crippen LogP contribution in [0.1, 0.15) is 20.8 Å². The standard InChI is InChI=1S/C19H28N6O4S2/c1-4-24(5-2)31(27,28)16-8-6-7-15(13-16)17-21-22-19(25(17)20)30-14(3)18(26)23-9-11-29-12-10-23/h6-8,13-14H,4-5,9-12,20H2,1-3H3. The molecular formula is C19H28N6O4S2. The summed E-state index contributed by atoms with van der Waals surface area (Å²) < 4.78 is 33.6. The van der Waals surface area contributed by atoms with Crippen molar-refractivity contribution in [3.63, 3.8) is 0 Å². The van der Waals surface area contributed by atoms with Gasteiger partial charge in [-0.15, -0.1) is 10.2 Å². The Hall–Kier alpha value is -2.15. The highest BCUT2D eigenvalue weighted by molar-refractivity contribution is 8.00. The van der Waals surface area contributed by atoms with Crippen molar-refractivity contribution in [1.82, 2.24) is 24.1 Å². The van der Waals surface area contributed by atoms with Crippen LogP contribution >= 0.6 is 11.8 Å².